The predicted octanol–water partition coefficient (Wildman–Crippen LogP) is 6.15. The van der Waals surface area contributed by atoms with E-state index in [0.29, 0.717) is 39.4 Å². The molecule has 1 N–H and O–H groups in total. The number of amides is 1. The van der Waals surface area contributed by atoms with Gasteiger partial charge in [-0.3, -0.25) is 9.48 Å². The molecule has 2 aromatic carbocycles. The number of fused-ring (bicyclic) bond motifs is 1. The summed E-state index contributed by atoms with van der Waals surface area (Å²) in [5.41, 5.74) is 3.97. The van der Waals surface area contributed by atoms with Crippen LogP contribution in [0, 0.1) is 27.7 Å². The molecule has 1 amide bonds. The van der Waals surface area contributed by atoms with Crippen LogP contribution >= 0.6 is 0 Å². The number of hydrogen-bond donors (Lipinski definition) is 1. The van der Waals surface area contributed by atoms with Crippen molar-refractivity contribution in [3.05, 3.63) is 94.1 Å². The molecule has 3 aromatic heterocycles. The molecule has 0 aliphatic rings. The van der Waals surface area contributed by atoms with Crippen LogP contribution in [-0.4, -0.2) is 37.4 Å². The van der Waals surface area contributed by atoms with E-state index in [1.165, 1.54) is 6.07 Å². The predicted molar refractivity (Wildman–Crippen MR) is 145 cm³/mol. The van der Waals surface area contributed by atoms with Crippen LogP contribution in [0.25, 0.3) is 16.9 Å². The number of nitrogens with zero attached hydrogens (tertiary/aromatic N) is 5. The van der Waals surface area contributed by atoms with E-state index < -0.39 is 17.8 Å². The molecule has 8 nitrogen and oxygen atoms in total. The van der Waals surface area contributed by atoms with E-state index in [1.807, 2.05) is 44.2 Å². The van der Waals surface area contributed by atoms with Gasteiger partial charge in [-0.15, -0.1) is 0 Å². The summed E-state index contributed by atoms with van der Waals surface area (Å²) < 4.78 is 49.8. The third-order valence-corrected chi connectivity index (χ3v) is 6.84. The third kappa shape index (κ3) is 5.14. The highest BCUT2D eigenvalue weighted by atomic mass is 19.4. The quantitative estimate of drug-likeness (QED) is 0.275. The molecule has 5 aromatic rings. The van der Waals surface area contributed by atoms with Gasteiger partial charge in [0, 0.05) is 11.6 Å². The van der Waals surface area contributed by atoms with Gasteiger partial charge in [-0.25, -0.2) is 9.50 Å². The molecule has 0 fully saturated rings. The summed E-state index contributed by atoms with van der Waals surface area (Å²) >= 11 is 0. The van der Waals surface area contributed by atoms with Crippen molar-refractivity contribution in [2.75, 3.05) is 12.4 Å². The van der Waals surface area contributed by atoms with Crippen LogP contribution in [0.1, 0.15) is 44.3 Å². The third-order valence-electron chi connectivity index (χ3n) is 6.84. The molecule has 5 rings (SSSR count). The first-order valence-electron chi connectivity index (χ1n) is 12.5. The Balaban J connectivity index is 1.48. The van der Waals surface area contributed by atoms with E-state index in [0.717, 1.165) is 22.8 Å². The van der Waals surface area contributed by atoms with Crippen molar-refractivity contribution < 1.29 is 22.7 Å². The van der Waals surface area contributed by atoms with E-state index in [4.69, 9.17) is 4.74 Å². The van der Waals surface area contributed by atoms with Gasteiger partial charge in [-0.05, 0) is 68.7 Å². The summed E-state index contributed by atoms with van der Waals surface area (Å²) in [6.07, 6.45) is -4.72. The first-order chi connectivity index (χ1) is 18.9. The molecule has 0 unspecified atom stereocenters. The molecule has 3 heterocycles. The number of hydrogen-bond acceptors (Lipinski definition) is 5. The Bertz CT molecular complexity index is 1750. The molecule has 0 spiro atoms. The molecule has 0 aliphatic heterocycles. The van der Waals surface area contributed by atoms with Crippen molar-refractivity contribution in [3.63, 3.8) is 0 Å². The first kappa shape index (κ1) is 26.9. The second-order valence-corrected chi connectivity index (χ2v) is 9.63. The fourth-order valence-corrected chi connectivity index (χ4v) is 4.49. The molecule has 40 heavy (non-hydrogen) atoms. The highest BCUT2D eigenvalue weighted by Crippen LogP contribution is 2.33. The molecule has 0 saturated carbocycles. The molecule has 0 atom stereocenters. The number of methoxy groups -OCH3 is 1. The normalized spacial score (nSPS) is 11.7. The van der Waals surface area contributed by atoms with Gasteiger partial charge in [0.05, 0.1) is 36.4 Å². The van der Waals surface area contributed by atoms with E-state index in [1.54, 1.807) is 37.8 Å². The molecule has 0 saturated heterocycles. The highest BCUT2D eigenvalue weighted by Gasteiger charge is 2.36. The first-order valence-corrected chi connectivity index (χ1v) is 12.5. The van der Waals surface area contributed by atoms with Crippen LogP contribution in [-0.2, 0) is 12.7 Å². The van der Waals surface area contributed by atoms with Gasteiger partial charge >= 0.3 is 6.18 Å². The number of halogens is 3. The number of aromatic nitrogens is 5. The minimum atomic E-state index is -4.72. The monoisotopic (exact) mass is 548 g/mol. The van der Waals surface area contributed by atoms with Gasteiger partial charge in [0.1, 0.15) is 5.75 Å². The maximum Gasteiger partial charge on any atom is 0.433 e. The molecular formula is C29H27F3N6O2. The standard InChI is InChI=1S/C29H27F3N6O2/c1-16-9-10-21(11-17(16)2)23-13-25(29(30,31)32)38-26(33-23)14-24(36-38)28(39)34-27-18(3)35-37(19(27)4)15-20-7-6-8-22(12-20)40-5/h6-14H,15H2,1-5H3,(H,34,39). The fourth-order valence-electron chi connectivity index (χ4n) is 4.49. The second-order valence-electron chi connectivity index (χ2n) is 9.63. The number of nitrogens with one attached hydrogen (secondary N) is 1. The van der Waals surface area contributed by atoms with E-state index in [2.05, 4.69) is 20.5 Å². The summed E-state index contributed by atoms with van der Waals surface area (Å²) in [5.74, 6) is 0.0467. The average Bonchev–Trinajstić information content (AvgIpc) is 3.45. The number of benzene rings is 2. The Morgan fingerprint density at radius 1 is 0.975 bits per heavy atom. The molecule has 11 heteroatoms. The maximum absolute atomic E-state index is 14.0. The van der Waals surface area contributed by atoms with Gasteiger partial charge in [0.2, 0.25) is 0 Å². The van der Waals surface area contributed by atoms with Crippen LogP contribution in [0.15, 0.2) is 54.6 Å². The molecule has 0 bridgehead atoms. The minimum Gasteiger partial charge on any atom is -0.497 e. The van der Waals surface area contributed by atoms with Crippen molar-refractivity contribution in [2.24, 2.45) is 0 Å². The molecule has 0 radical (unpaired) electrons. The minimum absolute atomic E-state index is 0.0876. The lowest BCUT2D eigenvalue weighted by Gasteiger charge is -2.11. The number of ether oxygens (including phenoxy) is 1. The zero-order valence-electron chi connectivity index (χ0n) is 22.6. The topological polar surface area (TPSA) is 86.3 Å². The van der Waals surface area contributed by atoms with Crippen molar-refractivity contribution in [1.29, 1.82) is 0 Å². The lowest BCUT2D eigenvalue weighted by atomic mass is 10.0. The Kier molecular flexibility index (Phi) is 6.82. The van der Waals surface area contributed by atoms with Gasteiger partial charge in [0.25, 0.3) is 5.91 Å². The van der Waals surface area contributed by atoms with Crippen LogP contribution in [0.4, 0.5) is 18.9 Å². The van der Waals surface area contributed by atoms with Crippen LogP contribution in [0.5, 0.6) is 5.75 Å². The van der Waals surface area contributed by atoms with Crippen LogP contribution < -0.4 is 10.1 Å². The zero-order chi connectivity index (χ0) is 28.8. The van der Waals surface area contributed by atoms with Gasteiger partial charge in [-0.1, -0.05) is 24.3 Å². The smallest absolute Gasteiger partial charge is 0.433 e. The van der Waals surface area contributed by atoms with E-state index >= 15 is 0 Å². The van der Waals surface area contributed by atoms with E-state index in [-0.39, 0.29) is 17.0 Å². The number of carbonyl (C=O) groups is 1. The number of carbonyl (C=O) groups excluding carboxylic acids is 1. The van der Waals surface area contributed by atoms with Crippen molar-refractivity contribution >= 4 is 17.2 Å². The van der Waals surface area contributed by atoms with Crippen LogP contribution in [0.3, 0.4) is 0 Å². The Labute approximate surface area is 228 Å². The Hall–Kier alpha value is -4.67. The summed E-state index contributed by atoms with van der Waals surface area (Å²) in [7, 11) is 1.59. The largest absolute Gasteiger partial charge is 0.497 e. The van der Waals surface area contributed by atoms with Gasteiger partial charge < -0.3 is 10.1 Å². The van der Waals surface area contributed by atoms with Crippen LogP contribution in [0.2, 0.25) is 0 Å². The summed E-state index contributed by atoms with van der Waals surface area (Å²) in [5, 5.41) is 11.3. The number of rotatable bonds is 6. The lowest BCUT2D eigenvalue weighted by Crippen LogP contribution is -2.16. The number of alkyl halides is 3. The number of anilines is 1. The van der Waals surface area contributed by atoms with Crippen molar-refractivity contribution in [2.45, 2.75) is 40.4 Å². The maximum atomic E-state index is 14.0. The van der Waals surface area contributed by atoms with E-state index in [9.17, 15) is 18.0 Å². The Morgan fingerprint density at radius 2 is 1.75 bits per heavy atom. The molecular weight excluding hydrogens is 521 g/mol. The Morgan fingerprint density at radius 3 is 2.45 bits per heavy atom. The lowest BCUT2D eigenvalue weighted by molar-refractivity contribution is -0.142. The molecule has 206 valence electrons. The van der Waals surface area contributed by atoms with Gasteiger partial charge in [-0.2, -0.15) is 23.4 Å². The summed E-state index contributed by atoms with van der Waals surface area (Å²) in [4.78, 5) is 17.6. The summed E-state index contributed by atoms with van der Waals surface area (Å²) in [6, 6.07) is 15.1. The summed E-state index contributed by atoms with van der Waals surface area (Å²) in [6.45, 7) is 7.79. The average molecular weight is 549 g/mol. The van der Waals surface area contributed by atoms with Crippen molar-refractivity contribution in [3.8, 4) is 17.0 Å². The van der Waals surface area contributed by atoms with Crippen molar-refractivity contribution in [1.82, 2.24) is 24.4 Å². The SMILES string of the molecule is COc1cccc(Cn2nc(C)c(NC(=O)c3cc4nc(-c5ccc(C)c(C)c5)cc(C(F)(F)F)n4n3)c2C)c1. The van der Waals surface area contributed by atoms with Gasteiger partial charge in [0.15, 0.2) is 17.0 Å². The molecule has 0 aliphatic carbocycles. The zero-order valence-corrected chi connectivity index (χ0v) is 22.6. The second kappa shape index (κ2) is 10.1. The number of aryl methyl sites for hydroxylation is 3. The fraction of sp³-hybridized carbons (Fsp3) is 0.241. The highest BCUT2D eigenvalue weighted by molar-refractivity contribution is 6.04.